The first kappa shape index (κ1) is 6.83. The van der Waals surface area contributed by atoms with Crippen LogP contribution in [-0.2, 0) is 4.74 Å². The van der Waals surface area contributed by atoms with Gasteiger partial charge in [0.05, 0.1) is 5.87 Å². The van der Waals surface area contributed by atoms with Crippen LogP contribution < -0.4 is 5.43 Å². The average Bonchev–Trinajstić information content (AvgIpc) is 1.88. The summed E-state index contributed by atoms with van der Waals surface area (Å²) in [5.74, 6) is 3.16. The van der Waals surface area contributed by atoms with Gasteiger partial charge in [-0.1, -0.05) is 13.8 Å². The Bertz CT molecular complexity index is 214. The zero-order chi connectivity index (χ0) is 7.56. The number of hydrogen-bond acceptors (Lipinski definition) is 3. The molecule has 1 rings (SSSR count). The zero-order valence-corrected chi connectivity index (χ0v) is 5.84. The summed E-state index contributed by atoms with van der Waals surface area (Å²) in [6.07, 6.45) is -0.539. The van der Waals surface area contributed by atoms with Gasteiger partial charge in [-0.15, -0.1) is 5.10 Å². The highest BCUT2D eigenvalue weighted by Crippen LogP contribution is 2.08. The molecule has 0 fully saturated rings. The normalized spacial score (nSPS) is 16.3. The lowest BCUT2D eigenvalue weighted by atomic mass is 10.2. The number of rotatable bonds is 1. The van der Waals surface area contributed by atoms with Crippen molar-refractivity contribution in [2.24, 2.45) is 11.0 Å². The summed E-state index contributed by atoms with van der Waals surface area (Å²) < 4.78 is 4.71. The molecule has 54 valence electrons. The largest absolute Gasteiger partial charge is 0.434 e. The van der Waals surface area contributed by atoms with E-state index in [9.17, 15) is 4.79 Å². The van der Waals surface area contributed by atoms with Crippen LogP contribution in [0.4, 0.5) is 4.79 Å². The molecule has 0 aromatic heterocycles. The number of amides is 1. The van der Waals surface area contributed by atoms with Gasteiger partial charge in [-0.25, -0.2) is 10.2 Å². The zero-order valence-electron chi connectivity index (χ0n) is 5.84. The number of ether oxygens (including phenoxy) is 1. The lowest BCUT2D eigenvalue weighted by Gasteiger charge is -2.10. The van der Waals surface area contributed by atoms with Gasteiger partial charge in [0.1, 0.15) is 0 Å². The summed E-state index contributed by atoms with van der Waals surface area (Å²) >= 11 is 0. The van der Waals surface area contributed by atoms with Crippen LogP contribution in [0.1, 0.15) is 13.8 Å². The van der Waals surface area contributed by atoms with E-state index in [-0.39, 0.29) is 5.92 Å². The van der Waals surface area contributed by atoms with E-state index in [1.807, 2.05) is 13.8 Å². The molecule has 1 N–H and O–H groups in total. The van der Waals surface area contributed by atoms with E-state index in [2.05, 4.69) is 16.4 Å². The van der Waals surface area contributed by atoms with E-state index in [0.717, 1.165) is 0 Å². The molecule has 1 aliphatic heterocycles. The van der Waals surface area contributed by atoms with Gasteiger partial charge >= 0.3 is 6.09 Å². The van der Waals surface area contributed by atoms with Crippen LogP contribution in [0.5, 0.6) is 0 Å². The Morgan fingerprint density at radius 1 is 1.70 bits per heavy atom. The topological polar surface area (TPSA) is 50.7 Å². The lowest BCUT2D eigenvalue weighted by Crippen LogP contribution is -2.23. The molecule has 1 amide bonds. The van der Waals surface area contributed by atoms with Crippen LogP contribution in [0.25, 0.3) is 0 Å². The fraction of sp³-hybridized carbons (Fsp3) is 0.500. The summed E-state index contributed by atoms with van der Waals surface area (Å²) in [7, 11) is 0. The van der Waals surface area contributed by atoms with Crippen LogP contribution in [0.2, 0.25) is 0 Å². The summed E-state index contributed by atoms with van der Waals surface area (Å²) in [5, 5.41) is 3.45. The first-order chi connectivity index (χ1) is 4.70. The molecule has 4 nitrogen and oxygen atoms in total. The van der Waals surface area contributed by atoms with Crippen molar-refractivity contribution in [2.45, 2.75) is 13.8 Å². The third-order valence-electron chi connectivity index (χ3n) is 1.04. The Hall–Kier alpha value is -1.28. The molecule has 0 bridgehead atoms. The quantitative estimate of drug-likeness (QED) is 0.587. The number of nitrogens with one attached hydrogen (secondary N) is 1. The molecular weight excluding hydrogens is 132 g/mol. The van der Waals surface area contributed by atoms with Crippen molar-refractivity contribution in [3.63, 3.8) is 0 Å². The van der Waals surface area contributed by atoms with Crippen LogP contribution in [0.3, 0.4) is 0 Å². The van der Waals surface area contributed by atoms with Gasteiger partial charge in [0.25, 0.3) is 0 Å². The first-order valence-corrected chi connectivity index (χ1v) is 3.00. The van der Waals surface area contributed by atoms with Crippen LogP contribution >= 0.6 is 0 Å². The summed E-state index contributed by atoms with van der Waals surface area (Å²) in [5.41, 5.74) is 2.10. The predicted molar refractivity (Wildman–Crippen MR) is 35.4 cm³/mol. The van der Waals surface area contributed by atoms with Crippen molar-refractivity contribution < 1.29 is 9.53 Å². The maximum atomic E-state index is 10.5. The summed E-state index contributed by atoms with van der Waals surface area (Å²) in [4.78, 5) is 10.5. The average molecular weight is 140 g/mol. The standard InChI is InChI=1S/C6H8N2O2/c1-4(2)5-3-7-8-6(9)10-5/h4H,1-2H3,(H,8,9). The number of hydrazone groups is 1. The van der Waals surface area contributed by atoms with Crippen LogP contribution in [-0.4, -0.2) is 12.0 Å². The van der Waals surface area contributed by atoms with Gasteiger partial charge in [0.2, 0.25) is 0 Å². The predicted octanol–water partition coefficient (Wildman–Crippen LogP) is 0.851. The Morgan fingerprint density at radius 3 is 2.80 bits per heavy atom. The Morgan fingerprint density at radius 2 is 2.40 bits per heavy atom. The van der Waals surface area contributed by atoms with E-state index in [1.165, 1.54) is 0 Å². The van der Waals surface area contributed by atoms with Gasteiger partial charge in [0, 0.05) is 5.92 Å². The maximum Gasteiger partial charge on any atom is 0.434 e. The molecule has 0 aromatic carbocycles. The molecule has 1 aliphatic rings. The van der Waals surface area contributed by atoms with Crippen molar-refractivity contribution >= 4 is 12.0 Å². The Balaban J connectivity index is 2.76. The van der Waals surface area contributed by atoms with Gasteiger partial charge in [-0.3, -0.25) is 0 Å². The molecule has 0 aliphatic carbocycles. The van der Waals surface area contributed by atoms with E-state index in [4.69, 9.17) is 4.74 Å². The smallest absolute Gasteiger partial charge is 0.403 e. The molecular formula is C6H8N2O2. The molecule has 0 spiro atoms. The number of nitrogens with zero attached hydrogens (tertiary/aromatic N) is 1. The Kier molecular flexibility index (Phi) is 1.73. The number of hydrogen-bond donors (Lipinski definition) is 1. The molecule has 0 radical (unpaired) electrons. The van der Waals surface area contributed by atoms with Crippen molar-refractivity contribution in [3.05, 3.63) is 5.76 Å². The minimum absolute atomic E-state index is 0.148. The van der Waals surface area contributed by atoms with E-state index in [1.54, 1.807) is 0 Å². The highest BCUT2D eigenvalue weighted by Gasteiger charge is 2.12. The van der Waals surface area contributed by atoms with E-state index in [0.29, 0.717) is 5.76 Å². The van der Waals surface area contributed by atoms with Crippen LogP contribution in [0.15, 0.2) is 10.9 Å². The van der Waals surface area contributed by atoms with Crippen molar-refractivity contribution in [2.75, 3.05) is 0 Å². The number of carbonyl (C=O) groups excluding carboxylic acids is 1. The highest BCUT2D eigenvalue weighted by atomic mass is 16.6. The minimum Gasteiger partial charge on any atom is -0.403 e. The third kappa shape index (κ3) is 1.36. The molecule has 0 saturated carbocycles. The van der Waals surface area contributed by atoms with Gasteiger partial charge in [-0.2, -0.15) is 0 Å². The van der Waals surface area contributed by atoms with E-state index >= 15 is 0 Å². The van der Waals surface area contributed by atoms with Crippen LogP contribution in [0, 0.1) is 5.92 Å². The number of cyclic esters (lactones) is 1. The molecule has 4 heteroatoms. The molecule has 0 aromatic rings. The third-order valence-corrected chi connectivity index (χ3v) is 1.04. The molecule has 1 heterocycles. The van der Waals surface area contributed by atoms with E-state index < -0.39 is 6.09 Å². The fourth-order valence-corrected chi connectivity index (χ4v) is 0.521. The van der Waals surface area contributed by atoms with Gasteiger partial charge in [-0.05, 0) is 0 Å². The van der Waals surface area contributed by atoms with Crippen molar-refractivity contribution in [3.8, 4) is 0 Å². The fourth-order valence-electron chi connectivity index (χ4n) is 0.521. The number of carbonyl (C=O) groups is 1. The lowest BCUT2D eigenvalue weighted by molar-refractivity contribution is 0.167. The van der Waals surface area contributed by atoms with Gasteiger partial charge in [0.15, 0.2) is 5.76 Å². The second-order valence-electron chi connectivity index (χ2n) is 2.24. The molecule has 0 saturated heterocycles. The Labute approximate surface area is 58.6 Å². The molecule has 0 unspecified atom stereocenters. The van der Waals surface area contributed by atoms with Crippen molar-refractivity contribution in [1.82, 2.24) is 5.43 Å². The summed E-state index contributed by atoms with van der Waals surface area (Å²) in [6.45, 7) is 3.80. The SMILES string of the molecule is CC(C)C1=C=NNC(=O)O1. The second kappa shape index (κ2) is 2.54. The van der Waals surface area contributed by atoms with Crippen molar-refractivity contribution in [1.29, 1.82) is 0 Å². The minimum atomic E-state index is -0.539. The molecule has 10 heavy (non-hydrogen) atoms. The molecule has 0 atom stereocenters. The monoisotopic (exact) mass is 140 g/mol. The maximum absolute atomic E-state index is 10.5. The van der Waals surface area contributed by atoms with Gasteiger partial charge < -0.3 is 4.74 Å². The summed E-state index contributed by atoms with van der Waals surface area (Å²) in [6, 6.07) is 0. The highest BCUT2D eigenvalue weighted by molar-refractivity contribution is 5.75. The first-order valence-electron chi connectivity index (χ1n) is 3.00. The number of allylic oxidation sites excluding steroid dienone is 1. The second-order valence-corrected chi connectivity index (χ2v) is 2.24.